The maximum atomic E-state index is 12.4. The number of aromatic nitrogens is 3. The van der Waals surface area contributed by atoms with Crippen molar-refractivity contribution in [1.82, 2.24) is 15.4 Å². The van der Waals surface area contributed by atoms with Gasteiger partial charge in [-0.05, 0) is 57.4 Å². The largest absolute Gasteiger partial charge is 0.361 e. The van der Waals surface area contributed by atoms with Gasteiger partial charge in [0.2, 0.25) is 5.91 Å². The number of benzene rings is 1. The molecular weight excluding hydrogens is 366 g/mol. The highest BCUT2D eigenvalue weighted by Gasteiger charge is 2.14. The maximum absolute atomic E-state index is 12.4. The van der Waals surface area contributed by atoms with Gasteiger partial charge in [0.15, 0.2) is 5.82 Å². The van der Waals surface area contributed by atoms with E-state index in [0.717, 1.165) is 52.9 Å². The van der Waals surface area contributed by atoms with Crippen LogP contribution in [0.2, 0.25) is 0 Å². The van der Waals surface area contributed by atoms with Gasteiger partial charge in [-0.1, -0.05) is 17.3 Å². The van der Waals surface area contributed by atoms with Crippen molar-refractivity contribution in [3.05, 3.63) is 53.4 Å². The minimum atomic E-state index is -0.0439. The van der Waals surface area contributed by atoms with Crippen LogP contribution in [0.5, 0.6) is 0 Å². The van der Waals surface area contributed by atoms with Crippen LogP contribution >= 0.6 is 0 Å². The zero-order valence-corrected chi connectivity index (χ0v) is 16.8. The lowest BCUT2D eigenvalue weighted by Crippen LogP contribution is -2.19. The molecule has 7 nitrogen and oxygen atoms in total. The second kappa shape index (κ2) is 8.43. The van der Waals surface area contributed by atoms with Gasteiger partial charge in [0.05, 0.1) is 11.4 Å². The molecule has 0 unspecified atom stereocenters. The first-order valence-electron chi connectivity index (χ1n) is 10.0. The molecule has 1 fully saturated rings. The highest BCUT2D eigenvalue weighted by Crippen LogP contribution is 2.23. The smallest absolute Gasteiger partial charge is 0.224 e. The summed E-state index contributed by atoms with van der Waals surface area (Å²) < 4.78 is 5.15. The number of carbonyl (C=O) groups excluding carboxylic acids is 1. The molecule has 0 aliphatic carbocycles. The summed E-state index contributed by atoms with van der Waals surface area (Å²) in [5.41, 5.74) is 4.31. The van der Waals surface area contributed by atoms with E-state index in [9.17, 15) is 4.79 Å². The lowest BCUT2D eigenvalue weighted by molar-refractivity contribution is -0.116. The van der Waals surface area contributed by atoms with Crippen LogP contribution in [0.3, 0.4) is 0 Å². The summed E-state index contributed by atoms with van der Waals surface area (Å²) in [7, 11) is 0. The minimum Gasteiger partial charge on any atom is -0.361 e. The van der Waals surface area contributed by atoms with Gasteiger partial charge in [-0.3, -0.25) is 4.79 Å². The topological polar surface area (TPSA) is 84.2 Å². The molecule has 0 saturated carbocycles. The maximum Gasteiger partial charge on any atom is 0.224 e. The summed E-state index contributed by atoms with van der Waals surface area (Å²) >= 11 is 0. The fourth-order valence-corrected chi connectivity index (χ4v) is 3.67. The molecule has 1 amide bonds. The van der Waals surface area contributed by atoms with Crippen molar-refractivity contribution in [2.45, 2.75) is 39.5 Å². The first kappa shape index (κ1) is 19.1. The highest BCUT2D eigenvalue weighted by molar-refractivity contribution is 5.91. The SMILES string of the molecule is Cc1noc(C)c1CCC(=O)Nc1cccc(-c2ccc(N3CCCC3)nn2)c1. The van der Waals surface area contributed by atoms with Gasteiger partial charge >= 0.3 is 0 Å². The number of nitrogens with one attached hydrogen (secondary N) is 1. The van der Waals surface area contributed by atoms with E-state index >= 15 is 0 Å². The van der Waals surface area contributed by atoms with Crippen LogP contribution in [-0.4, -0.2) is 34.4 Å². The summed E-state index contributed by atoms with van der Waals surface area (Å²) in [5.74, 6) is 1.65. The predicted octanol–water partition coefficient (Wildman–Crippen LogP) is 3.92. The van der Waals surface area contributed by atoms with Crippen molar-refractivity contribution in [2.75, 3.05) is 23.3 Å². The molecule has 7 heteroatoms. The van der Waals surface area contributed by atoms with Crippen LogP contribution in [0, 0.1) is 13.8 Å². The Morgan fingerprint density at radius 1 is 1.14 bits per heavy atom. The lowest BCUT2D eigenvalue weighted by Gasteiger charge is -2.15. The van der Waals surface area contributed by atoms with Crippen LogP contribution < -0.4 is 10.2 Å². The molecule has 1 N–H and O–H groups in total. The fraction of sp³-hybridized carbons (Fsp3) is 0.364. The van der Waals surface area contributed by atoms with Crippen LogP contribution in [0.4, 0.5) is 11.5 Å². The summed E-state index contributed by atoms with van der Waals surface area (Å²) in [6, 6.07) is 11.7. The first-order valence-corrected chi connectivity index (χ1v) is 10.0. The van der Waals surface area contributed by atoms with Crippen molar-refractivity contribution in [3.8, 4) is 11.3 Å². The van der Waals surface area contributed by atoms with Crippen molar-refractivity contribution < 1.29 is 9.32 Å². The molecule has 1 saturated heterocycles. The lowest BCUT2D eigenvalue weighted by atomic mass is 10.1. The standard InChI is InChI=1S/C22H25N5O2/c1-15-19(16(2)29-26-15)8-11-22(28)23-18-7-5-6-17(14-18)20-9-10-21(25-24-20)27-12-3-4-13-27/h5-7,9-10,14H,3-4,8,11-13H2,1-2H3,(H,23,28). The number of hydrogen-bond acceptors (Lipinski definition) is 6. The summed E-state index contributed by atoms with van der Waals surface area (Å²) in [4.78, 5) is 14.6. The summed E-state index contributed by atoms with van der Waals surface area (Å²) in [5, 5.41) is 15.7. The van der Waals surface area contributed by atoms with Gasteiger partial charge in [0, 0.05) is 36.3 Å². The van der Waals surface area contributed by atoms with Crippen molar-refractivity contribution in [2.24, 2.45) is 0 Å². The molecule has 3 aromatic rings. The normalized spacial score (nSPS) is 13.7. The molecule has 3 heterocycles. The Morgan fingerprint density at radius 2 is 1.97 bits per heavy atom. The summed E-state index contributed by atoms with van der Waals surface area (Å²) in [6.45, 7) is 5.85. The van der Waals surface area contributed by atoms with Gasteiger partial charge < -0.3 is 14.7 Å². The summed E-state index contributed by atoms with van der Waals surface area (Å²) in [6.07, 6.45) is 3.40. The molecule has 4 rings (SSSR count). The number of rotatable bonds is 6. The number of hydrogen-bond donors (Lipinski definition) is 1. The van der Waals surface area contributed by atoms with Gasteiger partial charge in [-0.25, -0.2) is 0 Å². The van der Waals surface area contributed by atoms with E-state index in [0.29, 0.717) is 12.8 Å². The molecule has 1 aliphatic rings. The van der Waals surface area contributed by atoms with Crippen molar-refractivity contribution >= 4 is 17.4 Å². The van der Waals surface area contributed by atoms with E-state index in [2.05, 4.69) is 25.6 Å². The average Bonchev–Trinajstić information content (AvgIpc) is 3.37. The van der Waals surface area contributed by atoms with Gasteiger partial charge in [-0.2, -0.15) is 0 Å². The fourth-order valence-electron chi connectivity index (χ4n) is 3.67. The number of nitrogens with zero attached hydrogens (tertiary/aromatic N) is 4. The molecule has 2 aromatic heterocycles. The number of anilines is 2. The quantitative estimate of drug-likeness (QED) is 0.686. The van der Waals surface area contributed by atoms with E-state index in [1.807, 2.05) is 50.2 Å². The zero-order chi connectivity index (χ0) is 20.2. The van der Waals surface area contributed by atoms with Crippen LogP contribution in [0.15, 0.2) is 40.9 Å². The molecule has 1 aromatic carbocycles. The third-order valence-electron chi connectivity index (χ3n) is 5.31. The highest BCUT2D eigenvalue weighted by atomic mass is 16.5. The minimum absolute atomic E-state index is 0.0439. The molecule has 0 atom stereocenters. The predicted molar refractivity (Wildman–Crippen MR) is 112 cm³/mol. The Balaban J connectivity index is 1.39. The van der Waals surface area contributed by atoms with Crippen molar-refractivity contribution in [1.29, 1.82) is 0 Å². The molecule has 1 aliphatic heterocycles. The van der Waals surface area contributed by atoms with E-state index in [4.69, 9.17) is 4.52 Å². The monoisotopic (exact) mass is 391 g/mol. The second-order valence-corrected chi connectivity index (χ2v) is 7.40. The molecule has 0 radical (unpaired) electrons. The Morgan fingerprint density at radius 3 is 2.66 bits per heavy atom. The van der Waals surface area contributed by atoms with Crippen LogP contribution in [-0.2, 0) is 11.2 Å². The average molecular weight is 391 g/mol. The molecule has 29 heavy (non-hydrogen) atoms. The van der Waals surface area contributed by atoms with Gasteiger partial charge in [0.25, 0.3) is 0 Å². The molecule has 150 valence electrons. The Bertz CT molecular complexity index is 971. The van der Waals surface area contributed by atoms with Gasteiger partial charge in [-0.15, -0.1) is 10.2 Å². The van der Waals surface area contributed by atoms with Crippen LogP contribution in [0.25, 0.3) is 11.3 Å². The third kappa shape index (κ3) is 4.45. The number of amides is 1. The first-order chi connectivity index (χ1) is 14.1. The molecule has 0 spiro atoms. The van der Waals surface area contributed by atoms with Crippen molar-refractivity contribution in [3.63, 3.8) is 0 Å². The van der Waals surface area contributed by atoms with Crippen LogP contribution in [0.1, 0.15) is 36.3 Å². The Kier molecular flexibility index (Phi) is 5.55. The van der Waals surface area contributed by atoms with E-state index in [1.165, 1.54) is 12.8 Å². The number of carbonyl (C=O) groups is 1. The van der Waals surface area contributed by atoms with E-state index in [-0.39, 0.29) is 5.91 Å². The number of aryl methyl sites for hydroxylation is 2. The molecular formula is C22H25N5O2. The van der Waals surface area contributed by atoms with E-state index < -0.39 is 0 Å². The Hall–Kier alpha value is -3.22. The van der Waals surface area contributed by atoms with Gasteiger partial charge in [0.1, 0.15) is 5.76 Å². The molecule has 0 bridgehead atoms. The Labute approximate surface area is 170 Å². The third-order valence-corrected chi connectivity index (χ3v) is 5.31. The van der Waals surface area contributed by atoms with E-state index in [1.54, 1.807) is 0 Å². The second-order valence-electron chi connectivity index (χ2n) is 7.40. The zero-order valence-electron chi connectivity index (χ0n) is 16.8.